The van der Waals surface area contributed by atoms with E-state index in [1.165, 1.54) is 0 Å². The molecule has 2 N–H and O–H groups in total. The van der Waals surface area contributed by atoms with Gasteiger partial charge in [-0.3, -0.25) is 14.7 Å². The van der Waals surface area contributed by atoms with Gasteiger partial charge in [-0.2, -0.15) is 26.3 Å². The number of anilines is 1. The van der Waals surface area contributed by atoms with Gasteiger partial charge in [0.1, 0.15) is 18.0 Å². The number of morpholine rings is 1. The molecule has 2 fully saturated rings. The Labute approximate surface area is 216 Å². The van der Waals surface area contributed by atoms with Gasteiger partial charge in [-0.1, -0.05) is 0 Å². The maximum absolute atomic E-state index is 12.3. The molecule has 1 amide bonds. The van der Waals surface area contributed by atoms with E-state index >= 15 is 0 Å². The van der Waals surface area contributed by atoms with Gasteiger partial charge in [-0.25, -0.2) is 9.59 Å². The summed E-state index contributed by atoms with van der Waals surface area (Å²) in [5.74, 6) is -4.66. The molecule has 0 aliphatic carbocycles. The Bertz CT molecular complexity index is 1060. The van der Waals surface area contributed by atoms with E-state index in [9.17, 15) is 31.1 Å². The van der Waals surface area contributed by atoms with Crippen LogP contribution in [-0.4, -0.2) is 95.4 Å². The lowest BCUT2D eigenvalue weighted by molar-refractivity contribution is -0.193. The minimum absolute atomic E-state index is 0.0485. The zero-order valence-electron chi connectivity index (χ0n) is 19.9. The zero-order valence-corrected chi connectivity index (χ0v) is 19.9. The predicted molar refractivity (Wildman–Crippen MR) is 117 cm³/mol. The van der Waals surface area contributed by atoms with Crippen molar-refractivity contribution in [3.63, 3.8) is 0 Å². The van der Waals surface area contributed by atoms with Crippen molar-refractivity contribution >= 4 is 23.5 Å². The molecule has 4 heterocycles. The largest absolute Gasteiger partial charge is 0.490 e. The van der Waals surface area contributed by atoms with Crippen LogP contribution in [-0.2, 0) is 30.4 Å². The fraction of sp³-hybridized carbons (Fsp3) is 0.455. The average Bonchev–Trinajstić information content (AvgIpc) is 3.28. The second-order valence-corrected chi connectivity index (χ2v) is 8.11. The van der Waals surface area contributed by atoms with Crippen molar-refractivity contribution in [2.45, 2.75) is 24.5 Å². The molecule has 39 heavy (non-hydrogen) atoms. The van der Waals surface area contributed by atoms with Crippen LogP contribution < -0.4 is 4.90 Å². The van der Waals surface area contributed by atoms with Crippen LogP contribution >= 0.6 is 0 Å². The van der Waals surface area contributed by atoms with E-state index < -0.39 is 29.9 Å². The van der Waals surface area contributed by atoms with E-state index in [1.807, 2.05) is 24.3 Å². The van der Waals surface area contributed by atoms with Crippen LogP contribution in [0.2, 0.25) is 0 Å². The molecular formula is C22H23F6N3O8. The number of ether oxygens (including phenoxy) is 2. The van der Waals surface area contributed by atoms with Crippen molar-refractivity contribution in [2.24, 2.45) is 0 Å². The van der Waals surface area contributed by atoms with Crippen molar-refractivity contribution in [3.8, 4) is 0 Å². The number of furan rings is 1. The molecule has 1 unspecified atom stereocenters. The highest BCUT2D eigenvalue weighted by Gasteiger charge is 2.43. The van der Waals surface area contributed by atoms with Crippen LogP contribution in [0, 0.1) is 0 Å². The SMILES string of the molecule is O=C(O)C(F)(F)F.O=C(O)C(F)(F)F.O=C1COC2(COCCN(Cc3ccco3)C2)CN1c1cccnc1. The van der Waals surface area contributed by atoms with Crippen molar-refractivity contribution in [2.75, 3.05) is 44.4 Å². The number of rotatable bonds is 3. The Morgan fingerprint density at radius 1 is 1.03 bits per heavy atom. The number of amides is 1. The second-order valence-electron chi connectivity index (χ2n) is 8.11. The first kappa shape index (κ1) is 31.5. The summed E-state index contributed by atoms with van der Waals surface area (Å²) in [6.07, 6.45) is -5.08. The van der Waals surface area contributed by atoms with Crippen LogP contribution in [0.5, 0.6) is 0 Å². The van der Waals surface area contributed by atoms with Crippen LogP contribution in [0.25, 0.3) is 0 Å². The van der Waals surface area contributed by atoms with E-state index in [1.54, 1.807) is 23.6 Å². The molecule has 2 aromatic rings. The summed E-state index contributed by atoms with van der Waals surface area (Å²) >= 11 is 0. The highest BCUT2D eigenvalue weighted by atomic mass is 19.4. The first-order valence-electron chi connectivity index (χ1n) is 10.9. The number of aromatic nitrogens is 1. The molecule has 1 spiro atoms. The Morgan fingerprint density at radius 3 is 2.18 bits per heavy atom. The number of halogens is 6. The van der Waals surface area contributed by atoms with Crippen LogP contribution in [0.1, 0.15) is 5.76 Å². The second kappa shape index (κ2) is 13.4. The molecule has 0 saturated carbocycles. The van der Waals surface area contributed by atoms with Gasteiger partial charge in [0.2, 0.25) is 0 Å². The molecule has 17 heteroatoms. The number of carboxylic acid groups (broad SMARTS) is 2. The summed E-state index contributed by atoms with van der Waals surface area (Å²) in [5, 5.41) is 14.2. The smallest absolute Gasteiger partial charge is 0.475 e. The van der Waals surface area contributed by atoms with Crippen LogP contribution in [0.4, 0.5) is 32.0 Å². The lowest BCUT2D eigenvalue weighted by Gasteiger charge is -2.42. The molecule has 0 radical (unpaired) electrons. The Morgan fingerprint density at radius 2 is 1.67 bits per heavy atom. The van der Waals surface area contributed by atoms with Crippen molar-refractivity contribution in [1.82, 2.24) is 9.88 Å². The molecule has 0 aromatic carbocycles. The third-order valence-corrected chi connectivity index (χ3v) is 5.08. The van der Waals surface area contributed by atoms with Gasteiger partial charge in [0.15, 0.2) is 0 Å². The summed E-state index contributed by atoms with van der Waals surface area (Å²) < 4.78 is 80.7. The molecule has 11 nitrogen and oxygen atoms in total. The first-order valence-corrected chi connectivity index (χ1v) is 10.9. The molecular weight excluding hydrogens is 548 g/mol. The fourth-order valence-corrected chi connectivity index (χ4v) is 3.39. The number of hydrogen-bond acceptors (Lipinski definition) is 8. The van der Waals surface area contributed by atoms with Crippen LogP contribution in [0.15, 0.2) is 47.3 Å². The molecule has 2 aliphatic heterocycles. The number of carboxylic acids is 2. The van der Waals surface area contributed by atoms with E-state index in [0.29, 0.717) is 32.8 Å². The Kier molecular flexibility index (Phi) is 10.8. The maximum atomic E-state index is 12.3. The van der Waals surface area contributed by atoms with E-state index in [0.717, 1.165) is 18.0 Å². The molecule has 0 bridgehead atoms. The Hall–Kier alpha value is -3.70. The summed E-state index contributed by atoms with van der Waals surface area (Å²) in [6, 6.07) is 7.57. The third-order valence-electron chi connectivity index (χ3n) is 5.08. The summed E-state index contributed by atoms with van der Waals surface area (Å²) in [4.78, 5) is 38.3. The van der Waals surface area contributed by atoms with Gasteiger partial charge in [-0.15, -0.1) is 0 Å². The normalized spacial score (nSPS) is 20.3. The maximum Gasteiger partial charge on any atom is 0.490 e. The van der Waals surface area contributed by atoms with E-state index in [2.05, 4.69) is 9.88 Å². The monoisotopic (exact) mass is 571 g/mol. The fourth-order valence-electron chi connectivity index (χ4n) is 3.39. The van der Waals surface area contributed by atoms with Crippen molar-refractivity contribution in [1.29, 1.82) is 0 Å². The minimum Gasteiger partial charge on any atom is -0.475 e. The van der Waals surface area contributed by atoms with E-state index in [-0.39, 0.29) is 12.5 Å². The van der Waals surface area contributed by atoms with Crippen molar-refractivity contribution in [3.05, 3.63) is 48.7 Å². The van der Waals surface area contributed by atoms with Gasteiger partial charge in [0.25, 0.3) is 5.91 Å². The van der Waals surface area contributed by atoms with E-state index in [4.69, 9.17) is 33.7 Å². The topological polar surface area (TPSA) is 143 Å². The number of carbonyl (C=O) groups excluding carboxylic acids is 1. The molecule has 2 aliphatic rings. The molecule has 4 rings (SSSR count). The Balaban J connectivity index is 0.000000317. The number of hydrogen-bond donors (Lipinski definition) is 2. The summed E-state index contributed by atoms with van der Waals surface area (Å²) in [5.41, 5.74) is 0.240. The average molecular weight is 571 g/mol. The molecule has 2 saturated heterocycles. The summed E-state index contributed by atoms with van der Waals surface area (Å²) in [7, 11) is 0. The number of aliphatic carboxylic acids is 2. The predicted octanol–water partition coefficient (Wildman–Crippen LogP) is 2.58. The highest BCUT2D eigenvalue weighted by Crippen LogP contribution is 2.27. The van der Waals surface area contributed by atoms with Gasteiger partial charge in [0.05, 0.1) is 44.5 Å². The van der Waals surface area contributed by atoms with Gasteiger partial charge in [-0.05, 0) is 24.3 Å². The first-order chi connectivity index (χ1) is 18.1. The van der Waals surface area contributed by atoms with Gasteiger partial charge in [0, 0.05) is 19.3 Å². The molecule has 2 aromatic heterocycles. The standard InChI is InChI=1S/C18H21N3O4.2C2HF3O2/c22-17-11-25-18(13-21(17)15-3-1-5-19-9-15)12-20(6-8-23-14-18)10-16-4-2-7-24-16;2*3-2(4,5)1(6)7/h1-5,7,9H,6,8,10-14H2;2*(H,6,7). The van der Waals surface area contributed by atoms with Gasteiger partial charge < -0.3 is 29.0 Å². The lowest BCUT2D eigenvalue weighted by atomic mass is 10.0. The summed E-state index contributed by atoms with van der Waals surface area (Å²) in [6.45, 7) is 3.77. The lowest BCUT2D eigenvalue weighted by Crippen LogP contribution is -2.60. The molecule has 1 atom stereocenters. The zero-order chi connectivity index (χ0) is 29.3. The quantitative estimate of drug-likeness (QED) is 0.528. The van der Waals surface area contributed by atoms with Crippen molar-refractivity contribution < 1.29 is 64.8 Å². The number of pyridine rings is 1. The minimum atomic E-state index is -5.08. The number of carbonyl (C=O) groups is 3. The molecule has 216 valence electrons. The highest BCUT2D eigenvalue weighted by molar-refractivity contribution is 5.95. The number of nitrogens with zero attached hydrogens (tertiary/aromatic N) is 3. The third kappa shape index (κ3) is 10.2. The number of alkyl halides is 6. The van der Waals surface area contributed by atoms with Gasteiger partial charge >= 0.3 is 24.3 Å². The van der Waals surface area contributed by atoms with Crippen LogP contribution in [0.3, 0.4) is 0 Å².